The molecule has 0 aromatic heterocycles. The molecule has 104 valence electrons. The Hall–Kier alpha value is -0.157. The largest absolute Gasteiger partial charge is 4.00 e. The van der Waals surface area contributed by atoms with Crippen molar-refractivity contribution in [3.63, 3.8) is 0 Å². The van der Waals surface area contributed by atoms with Gasteiger partial charge < -0.3 is 12.8 Å². The molecule has 0 radical (unpaired) electrons. The SMILES string of the molecule is CC1=[C-]CC=C1.CC1=[C-]CC=C1.C[CH-]C.C[CH-]C.[Zr+4]. The molecule has 0 saturated heterocycles. The summed E-state index contributed by atoms with van der Waals surface area (Å²) in [4.78, 5) is 0. The number of allylic oxidation sites excluding steroid dienone is 8. The zero-order chi connectivity index (χ0) is 14.2. The molecule has 0 heterocycles. The van der Waals surface area contributed by atoms with E-state index in [1.54, 1.807) is 0 Å². The molecule has 0 saturated carbocycles. The Labute approximate surface area is 140 Å². The molecule has 0 nitrogen and oxygen atoms in total. The average molecular weight is 336 g/mol. The van der Waals surface area contributed by atoms with Gasteiger partial charge in [-0.15, -0.1) is 12.8 Å². The van der Waals surface area contributed by atoms with Gasteiger partial charge in [-0.2, -0.15) is 39.8 Å². The maximum atomic E-state index is 3.12. The van der Waals surface area contributed by atoms with Gasteiger partial charge in [-0.1, -0.05) is 13.8 Å². The zero-order valence-electron chi connectivity index (χ0n) is 13.4. The summed E-state index contributed by atoms with van der Waals surface area (Å²) in [6.45, 7) is 12.1. The van der Waals surface area contributed by atoms with Crippen molar-refractivity contribution in [2.45, 2.75) is 54.4 Å². The van der Waals surface area contributed by atoms with Crippen molar-refractivity contribution in [1.82, 2.24) is 0 Å². The van der Waals surface area contributed by atoms with Crippen LogP contribution in [0.5, 0.6) is 0 Å². The first-order valence-corrected chi connectivity index (χ1v) is 6.58. The average Bonchev–Trinajstić information content (AvgIpc) is 2.95. The van der Waals surface area contributed by atoms with Crippen LogP contribution in [0.2, 0.25) is 0 Å². The van der Waals surface area contributed by atoms with E-state index < -0.39 is 0 Å². The molecule has 0 amide bonds. The van der Waals surface area contributed by atoms with Gasteiger partial charge in [0.2, 0.25) is 0 Å². The van der Waals surface area contributed by atoms with Crippen LogP contribution < -0.4 is 0 Å². The van der Waals surface area contributed by atoms with Crippen molar-refractivity contribution in [2.75, 3.05) is 0 Å². The first-order valence-electron chi connectivity index (χ1n) is 6.58. The molecular weight excluding hydrogens is 307 g/mol. The maximum Gasteiger partial charge on any atom is 4.00 e. The van der Waals surface area contributed by atoms with Gasteiger partial charge in [-0.3, -0.25) is 12.2 Å². The van der Waals surface area contributed by atoms with Crippen molar-refractivity contribution in [2.24, 2.45) is 0 Å². The summed E-state index contributed by atoms with van der Waals surface area (Å²) in [7, 11) is 0. The fourth-order valence-corrected chi connectivity index (χ4v) is 1.03. The van der Waals surface area contributed by atoms with Gasteiger partial charge in [-0.05, 0) is 0 Å². The van der Waals surface area contributed by atoms with Gasteiger partial charge >= 0.3 is 26.2 Å². The molecule has 0 aromatic carbocycles. The number of rotatable bonds is 0. The Bertz CT molecular complexity index is 245. The van der Waals surface area contributed by atoms with Crippen LogP contribution in [-0.4, -0.2) is 0 Å². The molecule has 0 N–H and O–H groups in total. The molecule has 1 heteroatoms. The number of hydrogen-bond donors (Lipinski definition) is 0. The third kappa shape index (κ3) is 23.4. The van der Waals surface area contributed by atoms with Crippen LogP contribution in [0.15, 0.2) is 35.5 Å². The van der Waals surface area contributed by atoms with E-state index in [4.69, 9.17) is 0 Å². The van der Waals surface area contributed by atoms with E-state index in [1.807, 2.05) is 40.5 Å². The van der Waals surface area contributed by atoms with Crippen LogP contribution >= 0.6 is 0 Å². The Kier molecular flexibility index (Phi) is 25.4. The smallest absolute Gasteiger partial charge is 0.335 e. The third-order valence-electron chi connectivity index (χ3n) is 1.73. The van der Waals surface area contributed by atoms with Crippen molar-refractivity contribution in [1.29, 1.82) is 0 Å². The Morgan fingerprint density at radius 2 is 1.05 bits per heavy atom. The van der Waals surface area contributed by atoms with Gasteiger partial charge in [0.15, 0.2) is 0 Å². The van der Waals surface area contributed by atoms with Gasteiger partial charge in [0.05, 0.1) is 0 Å². The molecular formula is C18H28Zr. The van der Waals surface area contributed by atoms with Crippen LogP contribution in [0.1, 0.15) is 54.4 Å². The van der Waals surface area contributed by atoms with E-state index in [-0.39, 0.29) is 26.2 Å². The summed E-state index contributed by atoms with van der Waals surface area (Å²) in [5.74, 6) is 0. The fourth-order valence-electron chi connectivity index (χ4n) is 1.03. The quantitative estimate of drug-likeness (QED) is 0.487. The summed E-state index contributed by atoms with van der Waals surface area (Å²) in [5.41, 5.74) is 2.55. The second-order valence-electron chi connectivity index (χ2n) is 4.09. The summed E-state index contributed by atoms with van der Waals surface area (Å²) in [5, 5.41) is 0. The summed E-state index contributed by atoms with van der Waals surface area (Å²) < 4.78 is 0. The van der Waals surface area contributed by atoms with Gasteiger partial charge in [0.25, 0.3) is 0 Å². The molecule has 0 atom stereocenters. The van der Waals surface area contributed by atoms with Crippen LogP contribution in [0.3, 0.4) is 0 Å². The van der Waals surface area contributed by atoms with Crippen molar-refractivity contribution in [3.05, 3.63) is 60.4 Å². The minimum absolute atomic E-state index is 0. The first kappa shape index (κ1) is 23.9. The molecule has 2 aliphatic rings. The summed E-state index contributed by atoms with van der Waals surface area (Å²) in [6.07, 6.45) is 20.7. The van der Waals surface area contributed by atoms with E-state index in [1.165, 1.54) is 11.1 Å². The Morgan fingerprint density at radius 3 is 1.11 bits per heavy atom. The molecule has 0 spiro atoms. The molecule has 0 aliphatic heterocycles. The predicted octanol–water partition coefficient (Wildman–Crippen LogP) is 5.85. The number of hydrogen-bond acceptors (Lipinski definition) is 0. The van der Waals surface area contributed by atoms with E-state index in [2.05, 4.69) is 50.3 Å². The molecule has 0 bridgehead atoms. The molecule has 2 aliphatic carbocycles. The second kappa shape index (κ2) is 20.2. The molecule has 0 fully saturated rings. The maximum absolute atomic E-state index is 3.12. The first-order chi connectivity index (χ1) is 8.62. The summed E-state index contributed by atoms with van der Waals surface area (Å²) >= 11 is 0. The topological polar surface area (TPSA) is 0 Å². The second-order valence-corrected chi connectivity index (χ2v) is 4.09. The van der Waals surface area contributed by atoms with E-state index in [0.717, 1.165) is 12.8 Å². The zero-order valence-corrected chi connectivity index (χ0v) is 15.8. The predicted molar refractivity (Wildman–Crippen MR) is 83.7 cm³/mol. The third-order valence-corrected chi connectivity index (χ3v) is 1.73. The normalized spacial score (nSPS) is 13.6. The van der Waals surface area contributed by atoms with Crippen LogP contribution in [0, 0.1) is 25.0 Å². The summed E-state index contributed by atoms with van der Waals surface area (Å²) in [6, 6.07) is 0. The van der Waals surface area contributed by atoms with E-state index in [0.29, 0.717) is 0 Å². The minimum atomic E-state index is 0. The van der Waals surface area contributed by atoms with Gasteiger partial charge in [0.1, 0.15) is 0 Å². The van der Waals surface area contributed by atoms with Gasteiger partial charge in [0, 0.05) is 0 Å². The van der Waals surface area contributed by atoms with Crippen LogP contribution in [0.4, 0.5) is 0 Å². The van der Waals surface area contributed by atoms with Crippen LogP contribution in [0.25, 0.3) is 0 Å². The Morgan fingerprint density at radius 1 is 0.789 bits per heavy atom. The monoisotopic (exact) mass is 334 g/mol. The molecule has 0 aromatic rings. The molecule has 2 rings (SSSR count). The van der Waals surface area contributed by atoms with Crippen molar-refractivity contribution in [3.8, 4) is 0 Å². The fraction of sp³-hybridized carbons (Fsp3) is 0.444. The van der Waals surface area contributed by atoms with Crippen molar-refractivity contribution < 1.29 is 26.2 Å². The Balaban J connectivity index is -0.000000188. The van der Waals surface area contributed by atoms with E-state index in [9.17, 15) is 0 Å². The van der Waals surface area contributed by atoms with Crippen LogP contribution in [-0.2, 0) is 26.2 Å². The van der Waals surface area contributed by atoms with E-state index >= 15 is 0 Å². The minimum Gasteiger partial charge on any atom is -0.335 e. The molecule has 19 heavy (non-hydrogen) atoms. The molecule has 0 unspecified atom stereocenters. The standard InChI is InChI=1S/2C6H7.2C3H7.Zr/c2*1-6-4-2-3-5-6;2*1-3-2;/h2*2,4H,3H2,1H3;2*3H,1-2H3;/q4*-1;+4. The van der Waals surface area contributed by atoms with Gasteiger partial charge in [-0.25, -0.2) is 23.3 Å². The van der Waals surface area contributed by atoms with Crippen molar-refractivity contribution >= 4 is 0 Å².